The second-order valence-electron chi connectivity index (χ2n) is 4.40. The maximum atomic E-state index is 12.1. The molecule has 0 aliphatic carbocycles. The van der Waals surface area contributed by atoms with Crippen molar-refractivity contribution in [1.29, 1.82) is 0 Å². The Labute approximate surface area is 120 Å². The first-order chi connectivity index (χ1) is 9.79. The fourth-order valence-electron chi connectivity index (χ4n) is 2.16. The summed E-state index contributed by atoms with van der Waals surface area (Å²) in [5.41, 5.74) is 1.69. The number of hydrogen-bond donors (Lipinski definition) is 1. The van der Waals surface area contributed by atoms with Gasteiger partial charge in [-0.2, -0.15) is 0 Å². The lowest BCUT2D eigenvalue weighted by Crippen LogP contribution is -2.20. The van der Waals surface area contributed by atoms with Crippen molar-refractivity contribution in [2.24, 2.45) is 0 Å². The largest absolute Gasteiger partial charge is 0.374 e. The molecule has 6 heteroatoms. The van der Waals surface area contributed by atoms with Gasteiger partial charge in [0.25, 0.3) is 5.56 Å². The summed E-state index contributed by atoms with van der Waals surface area (Å²) < 4.78 is 5.69. The molecule has 0 radical (unpaired) electrons. The predicted octanol–water partition coefficient (Wildman–Crippen LogP) is 2.33. The summed E-state index contributed by atoms with van der Waals surface area (Å²) in [6, 6.07) is 11.3. The number of para-hydroxylation sites is 1. The number of pyridine rings is 1. The molecule has 0 unspecified atom stereocenters. The molecule has 0 bridgehead atoms. The number of aromatic nitrogens is 3. The predicted molar refractivity (Wildman–Crippen MR) is 81.4 cm³/mol. The Morgan fingerprint density at radius 3 is 2.95 bits per heavy atom. The highest BCUT2D eigenvalue weighted by Crippen LogP contribution is 2.19. The minimum absolute atomic E-state index is 0.0286. The second-order valence-corrected chi connectivity index (χ2v) is 5.15. The van der Waals surface area contributed by atoms with Crippen molar-refractivity contribution in [3.05, 3.63) is 52.4 Å². The van der Waals surface area contributed by atoms with Gasteiger partial charge in [0, 0.05) is 24.1 Å². The van der Waals surface area contributed by atoms with E-state index >= 15 is 0 Å². The Balaban J connectivity index is 2.08. The van der Waals surface area contributed by atoms with Gasteiger partial charge in [-0.05, 0) is 24.4 Å². The van der Waals surface area contributed by atoms with Gasteiger partial charge in [-0.25, -0.2) is 0 Å². The normalized spacial score (nSPS) is 10.8. The van der Waals surface area contributed by atoms with Crippen molar-refractivity contribution in [3.63, 3.8) is 0 Å². The second kappa shape index (κ2) is 5.42. The third-order valence-corrected chi connectivity index (χ3v) is 3.83. The van der Waals surface area contributed by atoms with Crippen molar-refractivity contribution in [3.8, 4) is 0 Å². The fourth-order valence-corrected chi connectivity index (χ4v) is 2.80. The zero-order valence-corrected chi connectivity index (χ0v) is 11.9. The number of fused-ring (bicyclic) bond motifs is 1. The van der Waals surface area contributed by atoms with E-state index in [2.05, 4.69) is 14.9 Å². The molecule has 0 spiro atoms. The van der Waals surface area contributed by atoms with E-state index in [-0.39, 0.29) is 5.56 Å². The number of hydrogen-bond acceptors (Lipinski definition) is 5. The lowest BCUT2D eigenvalue weighted by molar-refractivity contribution is 0.766. The average Bonchev–Trinajstić information content (AvgIpc) is 2.90. The van der Waals surface area contributed by atoms with Crippen LogP contribution in [0.3, 0.4) is 0 Å². The maximum absolute atomic E-state index is 12.1. The summed E-state index contributed by atoms with van der Waals surface area (Å²) in [5.74, 6) is 0. The molecule has 0 amide bonds. The third kappa shape index (κ3) is 2.30. The average molecular weight is 286 g/mol. The van der Waals surface area contributed by atoms with E-state index in [4.69, 9.17) is 0 Å². The minimum atomic E-state index is -0.0286. The number of nitrogens with one attached hydrogen (secondary N) is 1. The van der Waals surface area contributed by atoms with Gasteiger partial charge in [-0.3, -0.25) is 4.79 Å². The van der Waals surface area contributed by atoms with Crippen LogP contribution < -0.4 is 10.9 Å². The van der Waals surface area contributed by atoms with E-state index in [1.54, 1.807) is 10.6 Å². The van der Waals surface area contributed by atoms with Gasteiger partial charge in [-0.15, -0.1) is 5.10 Å². The first-order valence-corrected chi connectivity index (χ1v) is 7.20. The van der Waals surface area contributed by atoms with E-state index in [0.717, 1.165) is 28.1 Å². The molecule has 3 rings (SSSR count). The summed E-state index contributed by atoms with van der Waals surface area (Å²) in [5, 5.41) is 9.31. The lowest BCUT2D eigenvalue weighted by Gasteiger charge is -2.09. The van der Waals surface area contributed by atoms with Gasteiger partial charge in [-0.1, -0.05) is 22.7 Å². The smallest absolute Gasteiger partial charge is 0.251 e. The summed E-state index contributed by atoms with van der Waals surface area (Å²) >= 11 is 1.32. The van der Waals surface area contributed by atoms with Crippen molar-refractivity contribution < 1.29 is 0 Å². The molecule has 0 aliphatic rings. The van der Waals surface area contributed by atoms with Crippen LogP contribution in [0.25, 0.3) is 10.9 Å². The van der Waals surface area contributed by atoms with E-state index in [0.29, 0.717) is 6.54 Å². The molecule has 0 aliphatic heterocycles. The molecule has 5 nitrogen and oxygen atoms in total. The third-order valence-electron chi connectivity index (χ3n) is 3.10. The molecule has 2 aromatic heterocycles. The zero-order chi connectivity index (χ0) is 13.9. The Morgan fingerprint density at radius 2 is 2.10 bits per heavy atom. The van der Waals surface area contributed by atoms with Crippen LogP contribution in [0.15, 0.2) is 41.2 Å². The van der Waals surface area contributed by atoms with Gasteiger partial charge in [0.1, 0.15) is 10.7 Å². The maximum Gasteiger partial charge on any atom is 0.251 e. The zero-order valence-electron chi connectivity index (χ0n) is 11.0. The molecule has 1 aromatic carbocycles. The summed E-state index contributed by atoms with van der Waals surface area (Å²) in [6.07, 6.45) is 0. The van der Waals surface area contributed by atoms with Crippen molar-refractivity contribution in [2.75, 3.05) is 11.9 Å². The summed E-state index contributed by atoms with van der Waals surface area (Å²) in [7, 11) is 0. The molecule has 0 saturated heterocycles. The van der Waals surface area contributed by atoms with Gasteiger partial charge in [0.2, 0.25) is 0 Å². The van der Waals surface area contributed by atoms with Crippen molar-refractivity contribution >= 4 is 27.4 Å². The molecule has 1 N–H and O–H groups in total. The molecular formula is C14H14N4OS. The number of nitrogens with zero attached hydrogens (tertiary/aromatic N) is 3. The van der Waals surface area contributed by atoms with Crippen molar-refractivity contribution in [1.82, 2.24) is 14.2 Å². The van der Waals surface area contributed by atoms with Gasteiger partial charge in [0.05, 0.1) is 12.1 Å². The number of benzene rings is 1. The Hall–Kier alpha value is -2.21. The minimum Gasteiger partial charge on any atom is -0.374 e. The molecule has 20 heavy (non-hydrogen) atoms. The quantitative estimate of drug-likeness (QED) is 0.799. The summed E-state index contributed by atoms with van der Waals surface area (Å²) in [4.78, 5) is 12.1. The van der Waals surface area contributed by atoms with Gasteiger partial charge < -0.3 is 9.88 Å². The highest BCUT2D eigenvalue weighted by atomic mass is 32.1. The van der Waals surface area contributed by atoms with E-state index < -0.39 is 0 Å². The summed E-state index contributed by atoms with van der Waals surface area (Å²) in [6.45, 7) is 3.26. The van der Waals surface area contributed by atoms with E-state index in [1.165, 1.54) is 11.5 Å². The van der Waals surface area contributed by atoms with Crippen LogP contribution in [0.1, 0.15) is 12.6 Å². The van der Waals surface area contributed by atoms with Crippen LogP contribution in [-0.2, 0) is 6.54 Å². The lowest BCUT2D eigenvalue weighted by atomic mass is 10.2. The van der Waals surface area contributed by atoms with Crippen molar-refractivity contribution in [2.45, 2.75) is 13.5 Å². The van der Waals surface area contributed by atoms with Crippen LogP contribution in [0, 0.1) is 0 Å². The standard InChI is InChI=1S/C14H14N4OS/c1-2-15-14-11(16-17-20-14)9-18-12-6-4-3-5-10(12)7-8-13(18)19/h3-8,15H,2,9H2,1H3. The number of anilines is 1. The van der Waals surface area contributed by atoms with Gasteiger partial charge in [0.15, 0.2) is 0 Å². The Kier molecular flexibility index (Phi) is 3.47. The van der Waals surface area contributed by atoms with Crippen LogP contribution in [0.5, 0.6) is 0 Å². The SMILES string of the molecule is CCNc1snnc1Cn1c(=O)ccc2ccccc21. The topological polar surface area (TPSA) is 59.8 Å². The molecule has 0 saturated carbocycles. The highest BCUT2D eigenvalue weighted by molar-refractivity contribution is 7.10. The molecule has 0 fully saturated rings. The van der Waals surface area contributed by atoms with E-state index in [9.17, 15) is 4.79 Å². The molecular weight excluding hydrogens is 272 g/mol. The molecule has 0 atom stereocenters. The van der Waals surface area contributed by atoms with Gasteiger partial charge >= 0.3 is 0 Å². The molecule has 3 aromatic rings. The van der Waals surface area contributed by atoms with E-state index in [1.807, 2.05) is 37.3 Å². The Bertz CT molecular complexity index is 793. The fraction of sp³-hybridized carbons (Fsp3) is 0.214. The molecule has 2 heterocycles. The van der Waals surface area contributed by atoms with Crippen LogP contribution >= 0.6 is 11.5 Å². The number of rotatable bonds is 4. The Morgan fingerprint density at radius 1 is 1.25 bits per heavy atom. The monoisotopic (exact) mass is 286 g/mol. The highest BCUT2D eigenvalue weighted by Gasteiger charge is 2.10. The first kappa shape index (κ1) is 12.8. The molecule has 102 valence electrons. The van der Waals surface area contributed by atoms with Crippen LogP contribution in [0.2, 0.25) is 0 Å². The first-order valence-electron chi connectivity index (χ1n) is 6.43. The van der Waals surface area contributed by atoms with Crippen LogP contribution in [-0.4, -0.2) is 20.7 Å². The van der Waals surface area contributed by atoms with Crippen LogP contribution in [0.4, 0.5) is 5.00 Å².